The van der Waals surface area contributed by atoms with Crippen molar-refractivity contribution in [2.24, 2.45) is 5.73 Å². The average molecular weight is 242 g/mol. The number of nitrogens with two attached hydrogens (primary N) is 1. The van der Waals surface area contributed by atoms with Crippen LogP contribution in [-0.2, 0) is 10.2 Å². The van der Waals surface area contributed by atoms with Crippen LogP contribution in [0.15, 0.2) is 18.2 Å². The fourth-order valence-corrected chi connectivity index (χ4v) is 2.48. The maximum Gasteiger partial charge on any atom is 0.120 e. The van der Waals surface area contributed by atoms with Gasteiger partial charge < -0.3 is 15.2 Å². The number of hydrogen-bond acceptors (Lipinski definition) is 3. The van der Waals surface area contributed by atoms with Crippen LogP contribution in [0.4, 0.5) is 0 Å². The Hall–Kier alpha value is -0.770. The molecule has 0 aromatic heterocycles. The van der Waals surface area contributed by atoms with E-state index in [1.165, 1.54) is 0 Å². The van der Waals surface area contributed by atoms with E-state index in [0.29, 0.717) is 19.8 Å². The van der Waals surface area contributed by atoms with Crippen LogP contribution < -0.4 is 10.5 Å². The van der Waals surface area contributed by atoms with E-state index < -0.39 is 0 Å². The molecule has 0 saturated carbocycles. The standard InChI is InChI=1S/C12H16ClNO2/c1-15-9-2-3-10(11(13)6-9)12(4-5-14)7-16-8-12/h2-3,6H,4-5,7-8,14H2,1H3. The molecule has 0 bridgehead atoms. The maximum atomic E-state index is 6.26. The van der Waals surface area contributed by atoms with Crippen LogP contribution in [0.5, 0.6) is 5.75 Å². The Morgan fingerprint density at radius 1 is 1.50 bits per heavy atom. The largest absolute Gasteiger partial charge is 0.497 e. The van der Waals surface area contributed by atoms with Gasteiger partial charge in [0.25, 0.3) is 0 Å². The molecule has 1 heterocycles. The van der Waals surface area contributed by atoms with Gasteiger partial charge in [-0.15, -0.1) is 0 Å². The monoisotopic (exact) mass is 241 g/mol. The van der Waals surface area contributed by atoms with Crippen LogP contribution in [0.3, 0.4) is 0 Å². The van der Waals surface area contributed by atoms with E-state index in [0.717, 1.165) is 22.8 Å². The predicted octanol–water partition coefficient (Wildman–Crippen LogP) is 1.97. The van der Waals surface area contributed by atoms with Crippen molar-refractivity contribution >= 4 is 11.6 Å². The van der Waals surface area contributed by atoms with Crippen LogP contribution in [0.2, 0.25) is 5.02 Å². The van der Waals surface area contributed by atoms with E-state index in [1.807, 2.05) is 18.2 Å². The molecule has 4 heteroatoms. The zero-order valence-corrected chi connectivity index (χ0v) is 10.1. The minimum atomic E-state index is 0.0120. The molecule has 1 aromatic rings. The van der Waals surface area contributed by atoms with E-state index in [1.54, 1.807) is 7.11 Å². The highest BCUT2D eigenvalue weighted by Crippen LogP contribution is 2.40. The normalized spacial score (nSPS) is 17.9. The Bertz CT molecular complexity index is 377. The van der Waals surface area contributed by atoms with Crippen LogP contribution in [0.1, 0.15) is 12.0 Å². The van der Waals surface area contributed by atoms with Crippen molar-refractivity contribution in [3.05, 3.63) is 28.8 Å². The van der Waals surface area contributed by atoms with Gasteiger partial charge in [0.15, 0.2) is 0 Å². The summed E-state index contributed by atoms with van der Waals surface area (Å²) in [5.74, 6) is 0.775. The van der Waals surface area contributed by atoms with Crippen molar-refractivity contribution in [2.45, 2.75) is 11.8 Å². The first-order chi connectivity index (χ1) is 7.72. The van der Waals surface area contributed by atoms with Crippen LogP contribution in [-0.4, -0.2) is 26.9 Å². The first-order valence-electron chi connectivity index (χ1n) is 5.34. The number of halogens is 1. The van der Waals surface area contributed by atoms with Crippen molar-refractivity contribution in [1.29, 1.82) is 0 Å². The summed E-state index contributed by atoms with van der Waals surface area (Å²) in [6, 6.07) is 5.78. The smallest absolute Gasteiger partial charge is 0.120 e. The molecule has 0 atom stereocenters. The van der Waals surface area contributed by atoms with Gasteiger partial charge >= 0.3 is 0 Å². The lowest BCUT2D eigenvalue weighted by atomic mass is 9.76. The Balaban J connectivity index is 2.31. The number of benzene rings is 1. The molecule has 0 amide bonds. The van der Waals surface area contributed by atoms with Gasteiger partial charge in [0.05, 0.1) is 20.3 Å². The minimum Gasteiger partial charge on any atom is -0.497 e. The second-order valence-electron chi connectivity index (χ2n) is 4.16. The first-order valence-corrected chi connectivity index (χ1v) is 5.71. The average Bonchev–Trinajstić information content (AvgIpc) is 2.24. The quantitative estimate of drug-likeness (QED) is 0.877. The molecular weight excluding hydrogens is 226 g/mol. The van der Waals surface area contributed by atoms with Gasteiger partial charge in [0.2, 0.25) is 0 Å². The van der Waals surface area contributed by atoms with Crippen molar-refractivity contribution in [3.8, 4) is 5.75 Å². The second kappa shape index (κ2) is 4.62. The van der Waals surface area contributed by atoms with Crippen LogP contribution in [0, 0.1) is 0 Å². The summed E-state index contributed by atoms with van der Waals surface area (Å²) >= 11 is 6.26. The Labute approximate surface area is 100 Å². The molecule has 88 valence electrons. The third kappa shape index (κ3) is 1.90. The van der Waals surface area contributed by atoms with E-state index in [-0.39, 0.29) is 5.41 Å². The molecule has 0 aliphatic carbocycles. The summed E-state index contributed by atoms with van der Waals surface area (Å²) in [6.45, 7) is 2.05. The topological polar surface area (TPSA) is 44.5 Å². The Morgan fingerprint density at radius 3 is 2.69 bits per heavy atom. The lowest BCUT2D eigenvalue weighted by Gasteiger charge is -2.42. The van der Waals surface area contributed by atoms with Gasteiger partial charge in [-0.3, -0.25) is 0 Å². The third-order valence-corrected chi connectivity index (χ3v) is 3.44. The number of rotatable bonds is 4. The fraction of sp³-hybridized carbons (Fsp3) is 0.500. The van der Waals surface area contributed by atoms with Gasteiger partial charge in [-0.25, -0.2) is 0 Å². The van der Waals surface area contributed by atoms with Crippen molar-refractivity contribution in [3.63, 3.8) is 0 Å². The molecule has 0 spiro atoms. The number of methoxy groups -OCH3 is 1. The number of ether oxygens (including phenoxy) is 2. The molecule has 1 saturated heterocycles. The van der Waals surface area contributed by atoms with E-state index >= 15 is 0 Å². The minimum absolute atomic E-state index is 0.0120. The molecule has 2 N–H and O–H groups in total. The molecule has 16 heavy (non-hydrogen) atoms. The Morgan fingerprint density at radius 2 is 2.25 bits per heavy atom. The van der Waals surface area contributed by atoms with E-state index in [9.17, 15) is 0 Å². The van der Waals surface area contributed by atoms with E-state index in [2.05, 4.69) is 0 Å². The molecule has 3 nitrogen and oxygen atoms in total. The highest BCUT2D eigenvalue weighted by atomic mass is 35.5. The van der Waals surface area contributed by atoms with Crippen molar-refractivity contribution in [2.75, 3.05) is 26.9 Å². The molecule has 1 aromatic carbocycles. The SMILES string of the molecule is COc1ccc(C2(CCN)COC2)c(Cl)c1. The maximum absolute atomic E-state index is 6.26. The summed E-state index contributed by atoms with van der Waals surface area (Å²) in [6.07, 6.45) is 0.902. The molecular formula is C12H16ClNO2. The zero-order valence-electron chi connectivity index (χ0n) is 9.33. The summed E-state index contributed by atoms with van der Waals surface area (Å²) in [7, 11) is 1.63. The summed E-state index contributed by atoms with van der Waals surface area (Å²) in [5.41, 5.74) is 6.77. The van der Waals surface area contributed by atoms with Gasteiger partial charge in [-0.05, 0) is 30.7 Å². The summed E-state index contributed by atoms with van der Waals surface area (Å²) in [4.78, 5) is 0. The lowest BCUT2D eigenvalue weighted by Crippen LogP contribution is -2.48. The van der Waals surface area contributed by atoms with Gasteiger partial charge in [-0.2, -0.15) is 0 Å². The lowest BCUT2D eigenvalue weighted by molar-refractivity contribution is -0.0630. The molecule has 2 rings (SSSR count). The summed E-state index contributed by atoms with van der Waals surface area (Å²) in [5, 5.41) is 0.733. The first kappa shape index (κ1) is 11.7. The van der Waals surface area contributed by atoms with E-state index in [4.69, 9.17) is 26.8 Å². The van der Waals surface area contributed by atoms with Gasteiger partial charge in [0, 0.05) is 10.4 Å². The molecule has 1 fully saturated rings. The third-order valence-electron chi connectivity index (χ3n) is 3.13. The molecule has 1 aliphatic rings. The molecule has 0 radical (unpaired) electrons. The van der Waals surface area contributed by atoms with Crippen molar-refractivity contribution < 1.29 is 9.47 Å². The Kier molecular flexibility index (Phi) is 3.38. The van der Waals surface area contributed by atoms with Gasteiger partial charge in [-0.1, -0.05) is 17.7 Å². The fourth-order valence-electron chi connectivity index (χ4n) is 2.11. The molecule has 1 aliphatic heterocycles. The van der Waals surface area contributed by atoms with Crippen LogP contribution >= 0.6 is 11.6 Å². The molecule has 0 unspecified atom stereocenters. The zero-order chi connectivity index (χ0) is 11.6. The van der Waals surface area contributed by atoms with Crippen molar-refractivity contribution in [1.82, 2.24) is 0 Å². The number of hydrogen-bond donors (Lipinski definition) is 1. The van der Waals surface area contributed by atoms with Crippen LogP contribution in [0.25, 0.3) is 0 Å². The highest BCUT2D eigenvalue weighted by molar-refractivity contribution is 6.31. The highest BCUT2D eigenvalue weighted by Gasteiger charge is 2.40. The second-order valence-corrected chi connectivity index (χ2v) is 4.56. The summed E-state index contributed by atoms with van der Waals surface area (Å²) < 4.78 is 10.4. The van der Waals surface area contributed by atoms with Gasteiger partial charge in [0.1, 0.15) is 5.75 Å². The predicted molar refractivity (Wildman–Crippen MR) is 64.2 cm³/mol.